The number of aromatic nitrogens is 2. The van der Waals surface area contributed by atoms with Gasteiger partial charge in [-0.15, -0.1) is 0 Å². The van der Waals surface area contributed by atoms with Crippen molar-refractivity contribution in [3.05, 3.63) is 331 Å². The lowest BCUT2D eigenvalue weighted by Crippen LogP contribution is -2.17. The first-order chi connectivity index (χ1) is 37.7. The average Bonchev–Trinajstić information content (AvgIpc) is 4.01. The Morgan fingerprint density at radius 1 is 0.421 bits per heavy atom. The second-order valence-corrected chi connectivity index (χ2v) is 19.7. The molecule has 2 aromatic heterocycles. The summed E-state index contributed by atoms with van der Waals surface area (Å²) in [7, 11) is 0. The molecule has 0 fully saturated rings. The van der Waals surface area contributed by atoms with E-state index in [2.05, 4.69) is 306 Å². The molecule has 13 rings (SSSR count). The van der Waals surface area contributed by atoms with Crippen LogP contribution in [0.25, 0.3) is 77.3 Å². The monoisotopic (exact) mass is 973 g/mol. The number of para-hydroxylation sites is 4. The van der Waals surface area contributed by atoms with Gasteiger partial charge in [-0.2, -0.15) is 0 Å². The first-order valence-electron chi connectivity index (χ1n) is 26.3. The molecule has 1 aliphatic carbocycles. The summed E-state index contributed by atoms with van der Waals surface area (Å²) in [6.07, 6.45) is 14.9. The lowest BCUT2D eigenvalue weighted by atomic mass is 9.83. The molecule has 0 saturated carbocycles. The summed E-state index contributed by atoms with van der Waals surface area (Å²) in [5.41, 5.74) is 20.5. The summed E-state index contributed by atoms with van der Waals surface area (Å²) in [4.78, 5) is 2.37. The van der Waals surface area contributed by atoms with Crippen molar-refractivity contribution in [3.8, 4) is 22.5 Å². The fourth-order valence-electron chi connectivity index (χ4n) is 11.5. The zero-order valence-electron chi connectivity index (χ0n) is 42.3. The topological polar surface area (TPSA) is 13.1 Å². The minimum atomic E-state index is 0.0193. The summed E-state index contributed by atoms with van der Waals surface area (Å²) < 4.78 is 4.77. The van der Waals surface area contributed by atoms with Gasteiger partial charge in [0.2, 0.25) is 0 Å². The zero-order chi connectivity index (χ0) is 50.8. The Bertz CT molecular complexity index is 4190. The second kappa shape index (κ2) is 20.3. The quantitative estimate of drug-likeness (QED) is 0.0829. The lowest BCUT2D eigenvalue weighted by molar-refractivity contribution is 0.926. The van der Waals surface area contributed by atoms with E-state index in [1.165, 1.54) is 88.3 Å². The largest absolute Gasteiger partial charge is 0.321 e. The highest BCUT2D eigenvalue weighted by molar-refractivity contribution is 6.11. The average molecular weight is 974 g/mol. The molecule has 1 aliphatic rings. The molecule has 12 aromatic rings. The second-order valence-electron chi connectivity index (χ2n) is 19.7. The molecule has 1 atom stereocenters. The third-order valence-corrected chi connectivity index (χ3v) is 15.2. The van der Waals surface area contributed by atoms with Crippen LogP contribution in [0.1, 0.15) is 46.6 Å². The zero-order valence-corrected chi connectivity index (χ0v) is 42.3. The van der Waals surface area contributed by atoms with Crippen LogP contribution in [0.5, 0.6) is 0 Å². The van der Waals surface area contributed by atoms with Gasteiger partial charge in [-0.1, -0.05) is 213 Å². The van der Waals surface area contributed by atoms with E-state index in [9.17, 15) is 0 Å². The number of allylic oxidation sites excluding steroid dienone is 8. The minimum Gasteiger partial charge on any atom is -0.321 e. The molecule has 10 aromatic carbocycles. The van der Waals surface area contributed by atoms with Crippen LogP contribution in [0.15, 0.2) is 304 Å². The Labute approximate surface area is 444 Å². The normalized spacial score (nSPS) is 13.3. The molecule has 362 valence electrons. The van der Waals surface area contributed by atoms with E-state index < -0.39 is 0 Å². The molecule has 0 amide bonds. The van der Waals surface area contributed by atoms with Crippen molar-refractivity contribution in [2.24, 2.45) is 0 Å². The van der Waals surface area contributed by atoms with Crippen molar-refractivity contribution in [2.45, 2.75) is 18.8 Å². The van der Waals surface area contributed by atoms with Gasteiger partial charge >= 0.3 is 0 Å². The molecule has 3 heteroatoms. The summed E-state index contributed by atoms with van der Waals surface area (Å²) in [5, 5.41) is 4.96. The van der Waals surface area contributed by atoms with Gasteiger partial charge in [0.05, 0.1) is 22.1 Å². The lowest BCUT2D eigenvalue weighted by Gasteiger charge is -2.27. The predicted molar refractivity (Wildman–Crippen MR) is 322 cm³/mol. The molecule has 0 saturated heterocycles. The van der Waals surface area contributed by atoms with E-state index in [0.717, 1.165) is 41.0 Å². The number of hydrogen-bond donors (Lipinski definition) is 0. The summed E-state index contributed by atoms with van der Waals surface area (Å²) in [6.45, 7) is 4.16. The number of nitrogens with zero attached hydrogens (tertiary/aromatic N) is 3. The van der Waals surface area contributed by atoms with Crippen molar-refractivity contribution in [3.63, 3.8) is 0 Å². The Morgan fingerprint density at radius 3 is 1.49 bits per heavy atom. The smallest absolute Gasteiger partial charge is 0.0542 e. The van der Waals surface area contributed by atoms with E-state index >= 15 is 0 Å². The van der Waals surface area contributed by atoms with E-state index in [-0.39, 0.29) is 5.92 Å². The minimum absolute atomic E-state index is 0.0193. The predicted octanol–water partition coefficient (Wildman–Crippen LogP) is 19.1. The van der Waals surface area contributed by atoms with Gasteiger partial charge in [-0.3, -0.25) is 0 Å². The molecule has 3 nitrogen and oxygen atoms in total. The van der Waals surface area contributed by atoms with Crippen LogP contribution in [0, 0.1) is 0 Å². The Balaban J connectivity index is 0.869. The standard InChI is InChI=1S/C73H55N3/c1-2-52(53-20-7-3-8-21-53)24-19-49-74(64-46-48-72-68(51-64)66-30-16-18-32-70(66)76(72)63-27-13-6-14-28-63)61-44-41-57(42-45-61)56-35-39-59(40-36-56)73(58-37-33-55(34-38-58)54-22-9-4-10-23-54)60-43-47-71-67(50-60)65-29-15-17-31-69(65)75(71)62-25-11-5-12-26-62/h2-41,43-44,46-51,73H,1,42,45H2/b49-19+,52-24+. The summed E-state index contributed by atoms with van der Waals surface area (Å²) in [5.74, 6) is 0.0193. The molecule has 2 heterocycles. The maximum atomic E-state index is 4.16. The van der Waals surface area contributed by atoms with Crippen LogP contribution >= 0.6 is 0 Å². The van der Waals surface area contributed by atoms with Crippen molar-refractivity contribution in [2.75, 3.05) is 4.90 Å². The summed E-state index contributed by atoms with van der Waals surface area (Å²) >= 11 is 0. The van der Waals surface area contributed by atoms with E-state index in [0.29, 0.717) is 0 Å². The highest BCUT2D eigenvalue weighted by Gasteiger charge is 2.22. The van der Waals surface area contributed by atoms with Crippen LogP contribution in [0.4, 0.5) is 5.69 Å². The molecule has 76 heavy (non-hydrogen) atoms. The number of fused-ring (bicyclic) bond motifs is 6. The highest BCUT2D eigenvalue weighted by Crippen LogP contribution is 2.41. The Kier molecular flexibility index (Phi) is 12.3. The Morgan fingerprint density at radius 2 is 0.908 bits per heavy atom. The van der Waals surface area contributed by atoms with E-state index in [1.54, 1.807) is 0 Å². The van der Waals surface area contributed by atoms with Gasteiger partial charge in [0.1, 0.15) is 0 Å². The number of hydrogen-bond acceptors (Lipinski definition) is 1. The van der Waals surface area contributed by atoms with Crippen LogP contribution < -0.4 is 4.90 Å². The molecule has 0 aliphatic heterocycles. The van der Waals surface area contributed by atoms with Gasteiger partial charge in [0.25, 0.3) is 0 Å². The van der Waals surface area contributed by atoms with Crippen LogP contribution in [-0.4, -0.2) is 9.13 Å². The highest BCUT2D eigenvalue weighted by atomic mass is 15.1. The van der Waals surface area contributed by atoms with Crippen molar-refractivity contribution < 1.29 is 0 Å². The van der Waals surface area contributed by atoms with Crippen LogP contribution in [-0.2, 0) is 0 Å². The van der Waals surface area contributed by atoms with Gasteiger partial charge in [0, 0.05) is 56.4 Å². The van der Waals surface area contributed by atoms with Gasteiger partial charge in [0.15, 0.2) is 0 Å². The van der Waals surface area contributed by atoms with Crippen molar-refractivity contribution in [1.82, 2.24) is 9.13 Å². The van der Waals surface area contributed by atoms with Gasteiger partial charge in [-0.25, -0.2) is 0 Å². The SMILES string of the molecule is C=C/C(=C\C=C\N(C1=CC=C(c2ccc(C(c3ccc(-c4ccccc4)cc3)c3ccc4c(c3)c3ccccc3n4-c3ccccc3)cc2)CC1)c1ccc2c(c1)c1ccccc1n2-c1ccccc1)c1ccccc1. The van der Waals surface area contributed by atoms with Crippen molar-refractivity contribution >= 4 is 60.4 Å². The summed E-state index contributed by atoms with van der Waals surface area (Å²) in [6, 6.07) is 92.7. The number of rotatable bonds is 13. The fraction of sp³-hybridized carbons (Fsp3) is 0.0411. The third kappa shape index (κ3) is 8.68. The molecule has 0 bridgehead atoms. The molecule has 0 spiro atoms. The number of anilines is 1. The van der Waals surface area contributed by atoms with Crippen molar-refractivity contribution in [1.29, 1.82) is 0 Å². The maximum Gasteiger partial charge on any atom is 0.0542 e. The van der Waals surface area contributed by atoms with E-state index in [1.807, 2.05) is 6.08 Å². The van der Waals surface area contributed by atoms with Crippen LogP contribution in [0.2, 0.25) is 0 Å². The molecular weight excluding hydrogens is 919 g/mol. The first-order valence-corrected chi connectivity index (χ1v) is 26.3. The fourth-order valence-corrected chi connectivity index (χ4v) is 11.5. The molecule has 0 N–H and O–H groups in total. The third-order valence-electron chi connectivity index (χ3n) is 15.2. The maximum absolute atomic E-state index is 4.16. The molecule has 0 radical (unpaired) electrons. The van der Waals surface area contributed by atoms with Gasteiger partial charge in [-0.05, 0) is 142 Å². The number of benzene rings is 10. The van der Waals surface area contributed by atoms with E-state index in [4.69, 9.17) is 0 Å². The molecule has 1 unspecified atom stereocenters. The molecular formula is C73H55N3. The first kappa shape index (κ1) is 46.1. The van der Waals surface area contributed by atoms with Gasteiger partial charge < -0.3 is 14.0 Å². The Hall–Kier alpha value is -9.70. The van der Waals surface area contributed by atoms with Crippen LogP contribution in [0.3, 0.4) is 0 Å².